The van der Waals surface area contributed by atoms with E-state index in [0.29, 0.717) is 22.9 Å². The van der Waals surface area contributed by atoms with Crippen molar-refractivity contribution in [1.29, 1.82) is 0 Å². The molecule has 0 saturated carbocycles. The zero-order valence-electron chi connectivity index (χ0n) is 18.6. The smallest absolute Gasteiger partial charge is 0.258 e. The van der Waals surface area contributed by atoms with Crippen molar-refractivity contribution in [2.45, 2.75) is 20.8 Å². The van der Waals surface area contributed by atoms with Crippen molar-refractivity contribution in [1.82, 2.24) is 25.1 Å². The van der Waals surface area contributed by atoms with Crippen molar-refractivity contribution in [2.75, 3.05) is 19.8 Å². The maximum Gasteiger partial charge on any atom is 0.258 e. The molecule has 170 valence electrons. The van der Waals surface area contributed by atoms with Crippen LogP contribution in [0, 0.1) is 26.6 Å². The minimum absolute atomic E-state index is 0.0767. The molecule has 4 aromatic rings. The van der Waals surface area contributed by atoms with E-state index in [1.54, 1.807) is 24.3 Å². The lowest BCUT2D eigenvalue weighted by Crippen LogP contribution is -2.32. The van der Waals surface area contributed by atoms with Crippen LogP contribution >= 0.6 is 0 Å². The van der Waals surface area contributed by atoms with Crippen molar-refractivity contribution in [3.63, 3.8) is 0 Å². The standard InChI is InChI=1S/C24H24FN5O3/c1-15-11-16(2)23(17(3)12-15)33-14-21(31)26-9-10-32-22-8-7-20-27-28-24(30(20)29-22)18-5-4-6-19(25)13-18/h4-8,11-13H,9-10,14H2,1-3H3,(H,26,31). The van der Waals surface area contributed by atoms with Crippen LogP contribution in [0.15, 0.2) is 48.5 Å². The highest BCUT2D eigenvalue weighted by atomic mass is 19.1. The van der Waals surface area contributed by atoms with E-state index in [4.69, 9.17) is 9.47 Å². The van der Waals surface area contributed by atoms with Crippen molar-refractivity contribution < 1.29 is 18.7 Å². The molecular formula is C24H24FN5O3. The van der Waals surface area contributed by atoms with Crippen LogP contribution in [-0.4, -0.2) is 45.5 Å². The van der Waals surface area contributed by atoms with Crippen LogP contribution in [0.2, 0.25) is 0 Å². The molecule has 0 atom stereocenters. The van der Waals surface area contributed by atoms with E-state index in [9.17, 15) is 9.18 Å². The predicted molar refractivity (Wildman–Crippen MR) is 121 cm³/mol. The van der Waals surface area contributed by atoms with Crippen molar-refractivity contribution in [2.24, 2.45) is 0 Å². The van der Waals surface area contributed by atoms with Gasteiger partial charge < -0.3 is 14.8 Å². The number of aryl methyl sites for hydroxylation is 3. The van der Waals surface area contributed by atoms with Gasteiger partial charge in [-0.25, -0.2) is 4.39 Å². The fourth-order valence-electron chi connectivity index (χ4n) is 3.59. The number of halogens is 1. The molecule has 1 N–H and O–H groups in total. The number of nitrogens with one attached hydrogen (secondary N) is 1. The lowest BCUT2D eigenvalue weighted by atomic mass is 10.1. The van der Waals surface area contributed by atoms with Crippen LogP contribution in [-0.2, 0) is 4.79 Å². The Morgan fingerprint density at radius 1 is 1.03 bits per heavy atom. The normalized spacial score (nSPS) is 10.9. The number of carbonyl (C=O) groups is 1. The number of benzene rings is 2. The quantitative estimate of drug-likeness (QED) is 0.415. The number of ether oxygens (including phenoxy) is 2. The molecule has 0 aliphatic heterocycles. The minimum atomic E-state index is -0.371. The molecule has 1 amide bonds. The highest BCUT2D eigenvalue weighted by Gasteiger charge is 2.12. The molecular weight excluding hydrogens is 425 g/mol. The zero-order valence-corrected chi connectivity index (χ0v) is 18.6. The van der Waals surface area contributed by atoms with Gasteiger partial charge in [-0.3, -0.25) is 4.79 Å². The second kappa shape index (κ2) is 9.64. The summed E-state index contributed by atoms with van der Waals surface area (Å²) in [6, 6.07) is 13.5. The molecule has 0 saturated heterocycles. The number of carbonyl (C=O) groups excluding carboxylic acids is 1. The van der Waals surface area contributed by atoms with Crippen LogP contribution in [0.25, 0.3) is 17.0 Å². The zero-order chi connectivity index (χ0) is 23.4. The van der Waals surface area contributed by atoms with Crippen molar-refractivity contribution in [3.05, 3.63) is 71.0 Å². The Morgan fingerprint density at radius 2 is 1.82 bits per heavy atom. The van der Waals surface area contributed by atoms with E-state index in [0.717, 1.165) is 22.4 Å². The van der Waals surface area contributed by atoms with Crippen LogP contribution in [0.1, 0.15) is 16.7 Å². The van der Waals surface area contributed by atoms with Crippen LogP contribution in [0.3, 0.4) is 0 Å². The first kappa shape index (κ1) is 22.2. The van der Waals surface area contributed by atoms with Gasteiger partial charge in [0, 0.05) is 11.6 Å². The number of nitrogens with zero attached hydrogens (tertiary/aromatic N) is 4. The third-order valence-electron chi connectivity index (χ3n) is 4.95. The van der Waals surface area contributed by atoms with E-state index in [1.807, 2.05) is 32.9 Å². The van der Waals surface area contributed by atoms with Gasteiger partial charge in [-0.2, -0.15) is 4.52 Å². The molecule has 2 aromatic heterocycles. The Bertz CT molecular complexity index is 1280. The van der Waals surface area contributed by atoms with Crippen molar-refractivity contribution >= 4 is 11.6 Å². The molecule has 8 nitrogen and oxygen atoms in total. The number of hydrogen-bond acceptors (Lipinski definition) is 6. The fraction of sp³-hybridized carbons (Fsp3) is 0.250. The first-order valence-corrected chi connectivity index (χ1v) is 10.5. The summed E-state index contributed by atoms with van der Waals surface area (Å²) < 4.78 is 26.4. The highest BCUT2D eigenvalue weighted by molar-refractivity contribution is 5.77. The largest absolute Gasteiger partial charge is 0.483 e. The summed E-state index contributed by atoms with van der Waals surface area (Å²) in [7, 11) is 0. The van der Waals surface area contributed by atoms with E-state index < -0.39 is 0 Å². The number of fused-ring (bicyclic) bond motifs is 1. The molecule has 2 heterocycles. The molecule has 2 aromatic carbocycles. The Morgan fingerprint density at radius 3 is 2.58 bits per heavy atom. The average molecular weight is 449 g/mol. The topological polar surface area (TPSA) is 90.6 Å². The van der Waals surface area contributed by atoms with Crippen molar-refractivity contribution in [3.8, 4) is 23.0 Å². The fourth-order valence-corrected chi connectivity index (χ4v) is 3.59. The molecule has 0 radical (unpaired) electrons. The molecule has 0 fully saturated rings. The lowest BCUT2D eigenvalue weighted by molar-refractivity contribution is -0.123. The number of rotatable bonds is 8. The van der Waals surface area contributed by atoms with Gasteiger partial charge >= 0.3 is 0 Å². The third kappa shape index (κ3) is 5.25. The Labute approximate surface area is 190 Å². The van der Waals surface area contributed by atoms with Gasteiger partial charge in [0.05, 0.1) is 6.54 Å². The van der Waals surface area contributed by atoms with Gasteiger partial charge in [0.1, 0.15) is 18.2 Å². The van der Waals surface area contributed by atoms with E-state index in [1.165, 1.54) is 16.6 Å². The summed E-state index contributed by atoms with van der Waals surface area (Å²) in [4.78, 5) is 12.1. The summed E-state index contributed by atoms with van der Waals surface area (Å²) in [5.74, 6) is 0.851. The maximum absolute atomic E-state index is 13.6. The number of aromatic nitrogens is 4. The monoisotopic (exact) mass is 449 g/mol. The first-order chi connectivity index (χ1) is 15.9. The summed E-state index contributed by atoms with van der Waals surface area (Å²) in [6.07, 6.45) is 0. The Kier molecular flexibility index (Phi) is 6.48. The number of amides is 1. The second-order valence-corrected chi connectivity index (χ2v) is 7.69. The Hall–Kier alpha value is -4.01. The summed E-state index contributed by atoms with van der Waals surface area (Å²) in [6.45, 7) is 6.36. The summed E-state index contributed by atoms with van der Waals surface area (Å²) in [5.41, 5.74) is 4.21. The minimum Gasteiger partial charge on any atom is -0.483 e. The molecule has 0 spiro atoms. The van der Waals surface area contributed by atoms with Gasteiger partial charge in [-0.05, 0) is 50.1 Å². The SMILES string of the molecule is Cc1cc(C)c(OCC(=O)NCCOc2ccc3nnc(-c4cccc(F)c4)n3n2)c(C)c1. The maximum atomic E-state index is 13.6. The molecule has 0 unspecified atom stereocenters. The highest BCUT2D eigenvalue weighted by Crippen LogP contribution is 2.24. The molecule has 9 heteroatoms. The number of hydrogen-bond donors (Lipinski definition) is 1. The summed E-state index contributed by atoms with van der Waals surface area (Å²) >= 11 is 0. The molecule has 0 bridgehead atoms. The lowest BCUT2D eigenvalue weighted by Gasteiger charge is -2.13. The predicted octanol–water partition coefficient (Wildman–Crippen LogP) is 3.43. The molecule has 0 aliphatic carbocycles. The summed E-state index contributed by atoms with van der Waals surface area (Å²) in [5, 5.41) is 15.3. The first-order valence-electron chi connectivity index (χ1n) is 10.5. The second-order valence-electron chi connectivity index (χ2n) is 7.69. The van der Waals surface area contributed by atoms with Gasteiger partial charge in [0.2, 0.25) is 5.88 Å². The van der Waals surface area contributed by atoms with E-state index >= 15 is 0 Å². The van der Waals surface area contributed by atoms with Crippen LogP contribution in [0.5, 0.6) is 11.6 Å². The van der Waals surface area contributed by atoms with E-state index in [2.05, 4.69) is 20.6 Å². The van der Waals surface area contributed by atoms with Crippen LogP contribution in [0.4, 0.5) is 4.39 Å². The third-order valence-corrected chi connectivity index (χ3v) is 4.95. The van der Waals surface area contributed by atoms with Gasteiger partial charge in [0.25, 0.3) is 5.91 Å². The van der Waals surface area contributed by atoms with E-state index in [-0.39, 0.29) is 31.5 Å². The molecule has 0 aliphatic rings. The molecule has 4 rings (SSSR count). The van der Waals surface area contributed by atoms with Gasteiger partial charge in [-0.15, -0.1) is 15.3 Å². The molecule has 33 heavy (non-hydrogen) atoms. The van der Waals surface area contributed by atoms with Gasteiger partial charge in [-0.1, -0.05) is 29.8 Å². The average Bonchev–Trinajstić information content (AvgIpc) is 3.19. The Balaban J connectivity index is 1.30. The van der Waals surface area contributed by atoms with Gasteiger partial charge in [0.15, 0.2) is 18.1 Å². The van der Waals surface area contributed by atoms with Crippen LogP contribution < -0.4 is 14.8 Å².